The molecular formula is C25H27N3O3S. The van der Waals surface area contributed by atoms with Gasteiger partial charge in [-0.2, -0.15) is 0 Å². The zero-order valence-corrected chi connectivity index (χ0v) is 19.0. The van der Waals surface area contributed by atoms with Crippen LogP contribution in [-0.4, -0.2) is 27.0 Å². The molecule has 6 nitrogen and oxygen atoms in total. The molecule has 4 rings (SSSR count). The lowest BCUT2D eigenvalue weighted by Gasteiger charge is -2.18. The Kier molecular flexibility index (Phi) is 7.05. The molecule has 32 heavy (non-hydrogen) atoms. The first-order valence-corrected chi connectivity index (χ1v) is 12.1. The van der Waals surface area contributed by atoms with Crippen LogP contribution in [0.4, 0.5) is 5.69 Å². The van der Waals surface area contributed by atoms with Gasteiger partial charge in [0.15, 0.2) is 10.9 Å². The number of amides is 1. The number of fused-ring (bicyclic) bond motifs is 1. The van der Waals surface area contributed by atoms with Crippen LogP contribution < -0.4 is 10.9 Å². The van der Waals surface area contributed by atoms with Gasteiger partial charge in [0.05, 0.1) is 16.7 Å². The molecule has 1 aromatic heterocycles. The van der Waals surface area contributed by atoms with Crippen molar-refractivity contribution in [2.75, 3.05) is 11.1 Å². The van der Waals surface area contributed by atoms with Crippen LogP contribution in [-0.2, 0) is 4.79 Å². The molecule has 1 amide bonds. The number of carbonyl (C=O) groups excluding carboxylic acids is 2. The number of hydrogen-bond donors (Lipinski definition) is 1. The number of ketones is 1. The zero-order valence-electron chi connectivity index (χ0n) is 18.2. The van der Waals surface area contributed by atoms with Crippen molar-refractivity contribution >= 4 is 40.0 Å². The van der Waals surface area contributed by atoms with Crippen LogP contribution in [0.1, 0.15) is 61.8 Å². The Bertz CT molecular complexity index is 1180. The standard InChI is InChI=1S/C25H27N3O3S/c1-2-7-23(30)26-18-14-12-17(13-15-18)22(29)16-32-25-27-21-11-6-5-10-20(21)24(31)28(25)19-8-3-4-9-19/h5-6,10-15,19H,2-4,7-9,16H2,1H3,(H,26,30). The van der Waals surface area contributed by atoms with Gasteiger partial charge in [-0.15, -0.1) is 0 Å². The van der Waals surface area contributed by atoms with E-state index >= 15 is 0 Å². The molecule has 0 atom stereocenters. The van der Waals surface area contributed by atoms with Crippen molar-refractivity contribution in [3.63, 3.8) is 0 Å². The smallest absolute Gasteiger partial charge is 0.262 e. The number of aromatic nitrogens is 2. The Labute approximate surface area is 191 Å². The molecule has 0 saturated heterocycles. The Hall–Kier alpha value is -2.93. The van der Waals surface area contributed by atoms with Crippen molar-refractivity contribution in [2.24, 2.45) is 0 Å². The summed E-state index contributed by atoms with van der Waals surface area (Å²) in [5.41, 5.74) is 1.89. The highest BCUT2D eigenvalue weighted by Crippen LogP contribution is 2.32. The topological polar surface area (TPSA) is 81.1 Å². The number of thioether (sulfide) groups is 1. The quantitative estimate of drug-likeness (QED) is 0.289. The van der Waals surface area contributed by atoms with Crippen LogP contribution >= 0.6 is 11.8 Å². The maximum absolute atomic E-state index is 13.2. The van der Waals surface area contributed by atoms with Crippen molar-refractivity contribution in [3.8, 4) is 0 Å². The number of carbonyl (C=O) groups is 2. The normalized spacial score (nSPS) is 14.0. The van der Waals surface area contributed by atoms with Crippen molar-refractivity contribution in [1.29, 1.82) is 0 Å². The van der Waals surface area contributed by atoms with Gasteiger partial charge in [0, 0.05) is 23.7 Å². The molecule has 0 radical (unpaired) electrons. The largest absolute Gasteiger partial charge is 0.326 e. The first-order valence-electron chi connectivity index (χ1n) is 11.1. The molecule has 1 heterocycles. The lowest BCUT2D eigenvalue weighted by atomic mass is 10.1. The number of Topliss-reactive ketones (excluding diaryl/α,β-unsaturated/α-hetero) is 1. The summed E-state index contributed by atoms with van der Waals surface area (Å²) < 4.78 is 1.81. The lowest BCUT2D eigenvalue weighted by Crippen LogP contribution is -2.26. The molecule has 2 aromatic carbocycles. The number of rotatable bonds is 8. The third kappa shape index (κ3) is 4.93. The Morgan fingerprint density at radius 2 is 1.81 bits per heavy atom. The molecule has 7 heteroatoms. The summed E-state index contributed by atoms with van der Waals surface area (Å²) in [6.45, 7) is 1.95. The van der Waals surface area contributed by atoms with E-state index in [2.05, 4.69) is 5.32 Å². The molecule has 0 bridgehead atoms. The summed E-state index contributed by atoms with van der Waals surface area (Å²) in [4.78, 5) is 42.5. The minimum atomic E-state index is -0.0400. The van der Waals surface area contributed by atoms with E-state index in [0.717, 1.165) is 32.1 Å². The van der Waals surface area contributed by atoms with E-state index in [1.165, 1.54) is 11.8 Å². The van der Waals surface area contributed by atoms with Crippen LogP contribution in [0, 0.1) is 0 Å². The molecular weight excluding hydrogens is 422 g/mol. The van der Waals surface area contributed by atoms with E-state index < -0.39 is 0 Å². The fourth-order valence-electron chi connectivity index (χ4n) is 4.12. The Morgan fingerprint density at radius 1 is 1.09 bits per heavy atom. The molecule has 1 saturated carbocycles. The van der Waals surface area contributed by atoms with Crippen molar-refractivity contribution in [3.05, 3.63) is 64.4 Å². The average Bonchev–Trinajstić information content (AvgIpc) is 3.32. The van der Waals surface area contributed by atoms with Crippen LogP contribution in [0.2, 0.25) is 0 Å². The average molecular weight is 450 g/mol. The van der Waals surface area contributed by atoms with E-state index in [0.29, 0.717) is 33.7 Å². The number of anilines is 1. The van der Waals surface area contributed by atoms with Gasteiger partial charge in [0.25, 0.3) is 5.56 Å². The number of nitrogens with one attached hydrogen (secondary N) is 1. The van der Waals surface area contributed by atoms with Gasteiger partial charge >= 0.3 is 0 Å². The van der Waals surface area contributed by atoms with Crippen LogP contribution in [0.3, 0.4) is 0 Å². The minimum Gasteiger partial charge on any atom is -0.326 e. The predicted molar refractivity (Wildman–Crippen MR) is 129 cm³/mol. The molecule has 1 N–H and O–H groups in total. The Morgan fingerprint density at radius 3 is 2.53 bits per heavy atom. The van der Waals surface area contributed by atoms with Crippen LogP contribution in [0.5, 0.6) is 0 Å². The number of hydrogen-bond acceptors (Lipinski definition) is 5. The third-order valence-electron chi connectivity index (χ3n) is 5.77. The highest BCUT2D eigenvalue weighted by atomic mass is 32.2. The summed E-state index contributed by atoms with van der Waals surface area (Å²) in [6.07, 6.45) is 5.40. The second-order valence-corrected chi connectivity index (χ2v) is 9.05. The first-order chi connectivity index (χ1) is 15.6. The van der Waals surface area contributed by atoms with E-state index in [4.69, 9.17) is 4.98 Å². The highest BCUT2D eigenvalue weighted by molar-refractivity contribution is 7.99. The summed E-state index contributed by atoms with van der Waals surface area (Å²) in [6, 6.07) is 14.5. The molecule has 1 fully saturated rings. The molecule has 1 aliphatic carbocycles. The third-order valence-corrected chi connectivity index (χ3v) is 6.72. The van der Waals surface area contributed by atoms with Crippen molar-refractivity contribution < 1.29 is 9.59 Å². The number of benzene rings is 2. The van der Waals surface area contributed by atoms with E-state index in [1.54, 1.807) is 28.8 Å². The monoisotopic (exact) mass is 449 g/mol. The maximum Gasteiger partial charge on any atom is 0.262 e. The van der Waals surface area contributed by atoms with Gasteiger partial charge in [0.2, 0.25) is 5.91 Å². The molecule has 0 unspecified atom stereocenters. The van der Waals surface area contributed by atoms with Crippen LogP contribution in [0.25, 0.3) is 10.9 Å². The summed E-state index contributed by atoms with van der Waals surface area (Å²) >= 11 is 1.32. The minimum absolute atomic E-state index is 0.0235. The lowest BCUT2D eigenvalue weighted by molar-refractivity contribution is -0.116. The van der Waals surface area contributed by atoms with Crippen LogP contribution in [0.15, 0.2) is 58.5 Å². The van der Waals surface area contributed by atoms with Crippen molar-refractivity contribution in [2.45, 2.75) is 56.6 Å². The molecule has 0 spiro atoms. The maximum atomic E-state index is 13.2. The number of nitrogens with zero attached hydrogens (tertiary/aromatic N) is 2. The van der Waals surface area contributed by atoms with Crippen molar-refractivity contribution in [1.82, 2.24) is 9.55 Å². The molecule has 166 valence electrons. The van der Waals surface area contributed by atoms with Gasteiger partial charge in [-0.25, -0.2) is 4.98 Å². The predicted octanol–water partition coefficient (Wildman–Crippen LogP) is 5.23. The second-order valence-electron chi connectivity index (χ2n) is 8.11. The highest BCUT2D eigenvalue weighted by Gasteiger charge is 2.23. The van der Waals surface area contributed by atoms with Gasteiger partial charge in [0.1, 0.15) is 0 Å². The summed E-state index contributed by atoms with van der Waals surface area (Å²) in [5, 5.41) is 4.06. The van der Waals surface area contributed by atoms with Gasteiger partial charge in [-0.05, 0) is 55.7 Å². The molecule has 3 aromatic rings. The molecule has 1 aliphatic rings. The summed E-state index contributed by atoms with van der Waals surface area (Å²) in [7, 11) is 0. The van der Waals surface area contributed by atoms with E-state index in [-0.39, 0.29) is 29.0 Å². The fourth-order valence-corrected chi connectivity index (χ4v) is 5.08. The summed E-state index contributed by atoms with van der Waals surface area (Å²) in [5.74, 6) is 0.121. The van der Waals surface area contributed by atoms with E-state index in [1.807, 2.05) is 31.2 Å². The second kappa shape index (κ2) is 10.1. The molecule has 0 aliphatic heterocycles. The Balaban J connectivity index is 1.52. The van der Waals surface area contributed by atoms with E-state index in [9.17, 15) is 14.4 Å². The van der Waals surface area contributed by atoms with Gasteiger partial charge in [-0.3, -0.25) is 19.0 Å². The van der Waals surface area contributed by atoms with Gasteiger partial charge in [-0.1, -0.05) is 43.7 Å². The number of para-hydroxylation sites is 1. The fraction of sp³-hybridized carbons (Fsp3) is 0.360. The van der Waals surface area contributed by atoms with Gasteiger partial charge < -0.3 is 5.32 Å². The SMILES string of the molecule is CCCC(=O)Nc1ccc(C(=O)CSc2nc3ccccc3c(=O)n2C2CCCC2)cc1. The zero-order chi connectivity index (χ0) is 22.5. The first kappa shape index (κ1) is 22.3.